The number of methoxy groups -OCH3 is 3. The highest BCUT2D eigenvalue weighted by Crippen LogP contribution is 2.32. The van der Waals surface area contributed by atoms with Gasteiger partial charge >= 0.3 is 0 Å². The first-order chi connectivity index (χ1) is 14.4. The number of carbonyl (C=O) groups excluding carboxylic acids is 1. The lowest BCUT2D eigenvalue weighted by molar-refractivity contribution is -0.120. The van der Waals surface area contributed by atoms with Gasteiger partial charge in [-0.15, -0.1) is 0 Å². The summed E-state index contributed by atoms with van der Waals surface area (Å²) in [5.41, 5.74) is 0.640. The highest BCUT2D eigenvalue weighted by molar-refractivity contribution is 7.89. The lowest BCUT2D eigenvalue weighted by Gasteiger charge is -2.31. The number of benzene rings is 2. The smallest absolute Gasteiger partial charge is 0.243 e. The van der Waals surface area contributed by atoms with Gasteiger partial charge < -0.3 is 19.5 Å². The fraction of sp³-hybridized carbons (Fsp3) is 0.381. The predicted molar refractivity (Wildman–Crippen MR) is 113 cm³/mol. The summed E-state index contributed by atoms with van der Waals surface area (Å²) in [7, 11) is 0.748. The van der Waals surface area contributed by atoms with Crippen molar-refractivity contribution in [2.24, 2.45) is 5.92 Å². The van der Waals surface area contributed by atoms with E-state index in [4.69, 9.17) is 14.2 Å². The first kappa shape index (κ1) is 21.9. The van der Waals surface area contributed by atoms with E-state index in [0.717, 1.165) is 0 Å². The number of piperidine rings is 1. The third-order valence-corrected chi connectivity index (χ3v) is 6.97. The maximum atomic E-state index is 13.1. The summed E-state index contributed by atoms with van der Waals surface area (Å²) >= 11 is 0. The standard InChI is InChI=1S/C21H26N2O6S/c1-27-17-8-6-16(7-9-17)22-21(24)15-5-4-12-23(14-15)30(25,26)18-10-11-19(28-2)20(13-18)29-3/h6-11,13,15H,4-5,12,14H2,1-3H3,(H,22,24)/t15-/m1/s1. The highest BCUT2D eigenvalue weighted by Gasteiger charge is 2.33. The normalized spacial score (nSPS) is 17.2. The van der Waals surface area contributed by atoms with Gasteiger partial charge in [0.25, 0.3) is 0 Å². The molecular formula is C21H26N2O6S. The zero-order chi connectivity index (χ0) is 21.7. The molecule has 8 nitrogen and oxygen atoms in total. The van der Waals surface area contributed by atoms with Crippen molar-refractivity contribution in [2.45, 2.75) is 17.7 Å². The van der Waals surface area contributed by atoms with Gasteiger partial charge in [0.1, 0.15) is 5.75 Å². The van der Waals surface area contributed by atoms with Gasteiger partial charge in [-0.3, -0.25) is 4.79 Å². The summed E-state index contributed by atoms with van der Waals surface area (Å²) in [6, 6.07) is 11.5. The number of anilines is 1. The Bertz CT molecular complexity index is 991. The van der Waals surface area contributed by atoms with Crippen molar-refractivity contribution < 1.29 is 27.4 Å². The number of carbonyl (C=O) groups is 1. The van der Waals surface area contributed by atoms with Crippen molar-refractivity contribution in [3.63, 3.8) is 0 Å². The van der Waals surface area contributed by atoms with Crippen LogP contribution in [0.5, 0.6) is 17.2 Å². The van der Waals surface area contributed by atoms with Crippen LogP contribution in [0.1, 0.15) is 12.8 Å². The molecule has 0 saturated carbocycles. The molecule has 162 valence electrons. The fourth-order valence-corrected chi connectivity index (χ4v) is 4.96. The zero-order valence-electron chi connectivity index (χ0n) is 17.3. The Labute approximate surface area is 176 Å². The molecule has 0 radical (unpaired) electrons. The minimum atomic E-state index is -3.77. The number of nitrogens with one attached hydrogen (secondary N) is 1. The van der Waals surface area contributed by atoms with E-state index >= 15 is 0 Å². The number of hydrogen-bond acceptors (Lipinski definition) is 6. The van der Waals surface area contributed by atoms with Gasteiger partial charge in [0.05, 0.1) is 32.1 Å². The number of amides is 1. The second-order valence-electron chi connectivity index (χ2n) is 6.94. The Morgan fingerprint density at radius 3 is 2.33 bits per heavy atom. The molecule has 1 fully saturated rings. The molecule has 3 rings (SSSR count). The summed E-state index contributed by atoms with van der Waals surface area (Å²) in [5, 5.41) is 2.86. The van der Waals surface area contributed by atoms with Gasteiger partial charge in [0, 0.05) is 24.8 Å². The molecule has 1 aliphatic rings. The third kappa shape index (κ3) is 4.68. The van der Waals surface area contributed by atoms with E-state index in [1.165, 1.54) is 30.7 Å². The molecule has 30 heavy (non-hydrogen) atoms. The SMILES string of the molecule is COc1ccc(NC(=O)[C@@H]2CCCN(S(=O)(=O)c3ccc(OC)c(OC)c3)C2)cc1. The summed E-state index contributed by atoms with van der Waals surface area (Å²) in [5.74, 6) is 0.845. The van der Waals surface area contributed by atoms with Crippen LogP contribution in [0.4, 0.5) is 5.69 Å². The Morgan fingerprint density at radius 2 is 1.70 bits per heavy atom. The van der Waals surface area contributed by atoms with E-state index in [0.29, 0.717) is 42.3 Å². The van der Waals surface area contributed by atoms with Crippen LogP contribution in [0.3, 0.4) is 0 Å². The molecule has 1 atom stereocenters. The number of nitrogens with zero attached hydrogens (tertiary/aromatic N) is 1. The fourth-order valence-electron chi connectivity index (χ4n) is 3.42. The quantitative estimate of drug-likeness (QED) is 0.720. The van der Waals surface area contributed by atoms with Gasteiger partial charge in [0.15, 0.2) is 11.5 Å². The van der Waals surface area contributed by atoms with E-state index in [9.17, 15) is 13.2 Å². The Morgan fingerprint density at radius 1 is 1.00 bits per heavy atom. The number of hydrogen-bond donors (Lipinski definition) is 1. The molecule has 0 aromatic heterocycles. The molecule has 0 spiro atoms. The average Bonchev–Trinajstić information content (AvgIpc) is 2.79. The van der Waals surface area contributed by atoms with Crippen molar-refractivity contribution in [1.82, 2.24) is 4.31 Å². The number of rotatable bonds is 7. The van der Waals surface area contributed by atoms with Gasteiger partial charge in [-0.1, -0.05) is 0 Å². The zero-order valence-corrected chi connectivity index (χ0v) is 18.1. The van der Waals surface area contributed by atoms with Crippen molar-refractivity contribution in [2.75, 3.05) is 39.7 Å². The first-order valence-electron chi connectivity index (χ1n) is 9.56. The second kappa shape index (κ2) is 9.36. The van der Waals surface area contributed by atoms with Crippen LogP contribution in [0.25, 0.3) is 0 Å². The molecule has 1 saturated heterocycles. The average molecular weight is 435 g/mol. The molecule has 9 heteroatoms. The largest absolute Gasteiger partial charge is 0.497 e. The van der Waals surface area contributed by atoms with Crippen LogP contribution < -0.4 is 19.5 Å². The molecule has 1 amide bonds. The van der Waals surface area contributed by atoms with Crippen molar-refractivity contribution in [3.8, 4) is 17.2 Å². The van der Waals surface area contributed by atoms with Gasteiger partial charge in [-0.05, 0) is 49.2 Å². The highest BCUT2D eigenvalue weighted by atomic mass is 32.2. The van der Waals surface area contributed by atoms with Crippen molar-refractivity contribution in [3.05, 3.63) is 42.5 Å². The van der Waals surface area contributed by atoms with E-state index in [2.05, 4.69) is 5.32 Å². The summed E-state index contributed by atoms with van der Waals surface area (Å²) in [6.07, 6.45) is 1.23. The van der Waals surface area contributed by atoms with Crippen molar-refractivity contribution in [1.29, 1.82) is 0 Å². The summed E-state index contributed by atoms with van der Waals surface area (Å²) in [6.45, 7) is 0.488. The van der Waals surface area contributed by atoms with E-state index in [-0.39, 0.29) is 17.3 Å². The topological polar surface area (TPSA) is 94.2 Å². The van der Waals surface area contributed by atoms with Crippen LogP contribution >= 0.6 is 0 Å². The first-order valence-corrected chi connectivity index (χ1v) is 11.0. The molecule has 0 aliphatic carbocycles. The molecule has 2 aromatic carbocycles. The molecule has 1 N–H and O–H groups in total. The Balaban J connectivity index is 1.73. The number of ether oxygens (including phenoxy) is 3. The minimum absolute atomic E-state index is 0.108. The van der Waals surface area contributed by atoms with Gasteiger partial charge in [0.2, 0.25) is 15.9 Å². The van der Waals surface area contributed by atoms with Gasteiger partial charge in [-0.25, -0.2) is 8.42 Å². The molecule has 0 unspecified atom stereocenters. The third-order valence-electron chi connectivity index (χ3n) is 5.11. The van der Waals surface area contributed by atoms with Crippen molar-refractivity contribution >= 4 is 21.6 Å². The lowest BCUT2D eigenvalue weighted by Crippen LogP contribution is -2.43. The minimum Gasteiger partial charge on any atom is -0.497 e. The Kier molecular flexibility index (Phi) is 6.84. The van der Waals surface area contributed by atoms with Crippen LogP contribution in [-0.4, -0.2) is 53.0 Å². The summed E-state index contributed by atoms with van der Waals surface area (Å²) in [4.78, 5) is 12.8. The van der Waals surface area contributed by atoms with Gasteiger partial charge in [-0.2, -0.15) is 4.31 Å². The lowest BCUT2D eigenvalue weighted by atomic mass is 9.99. The molecule has 1 heterocycles. The molecule has 1 aliphatic heterocycles. The number of sulfonamides is 1. The Hall–Kier alpha value is -2.78. The molecule has 2 aromatic rings. The van der Waals surface area contributed by atoms with E-state index in [1.54, 1.807) is 37.4 Å². The maximum absolute atomic E-state index is 13.1. The maximum Gasteiger partial charge on any atom is 0.243 e. The summed E-state index contributed by atoms with van der Waals surface area (Å²) < 4.78 is 43.1. The van der Waals surface area contributed by atoms with E-state index < -0.39 is 15.9 Å². The van der Waals surface area contributed by atoms with Crippen LogP contribution in [0, 0.1) is 5.92 Å². The van der Waals surface area contributed by atoms with Crippen LogP contribution in [0.15, 0.2) is 47.4 Å². The second-order valence-corrected chi connectivity index (χ2v) is 8.87. The van der Waals surface area contributed by atoms with Crippen LogP contribution in [0.2, 0.25) is 0 Å². The monoisotopic (exact) mass is 434 g/mol. The predicted octanol–water partition coefficient (Wildman–Crippen LogP) is 2.75. The van der Waals surface area contributed by atoms with Crippen LogP contribution in [-0.2, 0) is 14.8 Å². The van der Waals surface area contributed by atoms with E-state index in [1.807, 2.05) is 0 Å². The molecular weight excluding hydrogens is 408 g/mol. The molecule has 0 bridgehead atoms.